The number of halogens is 1. The Balaban J connectivity index is 2.85. The molecule has 1 aromatic rings. The lowest BCUT2D eigenvalue weighted by molar-refractivity contribution is 0.475. The Morgan fingerprint density at radius 3 is 2.81 bits per heavy atom. The molecule has 3 heteroatoms. The van der Waals surface area contributed by atoms with Crippen molar-refractivity contribution < 1.29 is 5.11 Å². The maximum absolute atomic E-state index is 9.31. The molecule has 2 nitrogen and oxygen atoms in total. The SMILES string of the molecule is CCNC(C)/C(C)=C/c1ccc(O)c(Cl)c1. The van der Waals surface area contributed by atoms with Crippen LogP contribution in [0.1, 0.15) is 26.3 Å². The molecule has 0 fully saturated rings. The summed E-state index contributed by atoms with van der Waals surface area (Å²) in [7, 11) is 0. The lowest BCUT2D eigenvalue weighted by Gasteiger charge is -2.13. The lowest BCUT2D eigenvalue weighted by Crippen LogP contribution is -2.26. The Bertz CT molecular complexity index is 388. The van der Waals surface area contributed by atoms with E-state index >= 15 is 0 Å². The van der Waals surface area contributed by atoms with Crippen LogP contribution < -0.4 is 5.32 Å². The second-order valence-corrected chi connectivity index (χ2v) is 4.29. The van der Waals surface area contributed by atoms with E-state index < -0.39 is 0 Å². The second kappa shape index (κ2) is 5.92. The molecule has 0 amide bonds. The average molecular weight is 240 g/mol. The molecule has 1 unspecified atom stereocenters. The van der Waals surface area contributed by atoms with Crippen molar-refractivity contribution in [1.29, 1.82) is 0 Å². The zero-order chi connectivity index (χ0) is 12.1. The number of benzene rings is 1. The third kappa shape index (κ3) is 3.54. The minimum atomic E-state index is 0.121. The first-order chi connectivity index (χ1) is 7.54. The van der Waals surface area contributed by atoms with Crippen molar-refractivity contribution in [2.75, 3.05) is 6.54 Å². The van der Waals surface area contributed by atoms with E-state index in [9.17, 15) is 5.11 Å². The van der Waals surface area contributed by atoms with Crippen molar-refractivity contribution in [1.82, 2.24) is 5.32 Å². The molecule has 0 aromatic heterocycles. The molecular formula is C13H18ClNO. The number of aromatic hydroxyl groups is 1. The fraction of sp³-hybridized carbons (Fsp3) is 0.385. The van der Waals surface area contributed by atoms with Gasteiger partial charge in [0, 0.05) is 6.04 Å². The number of rotatable bonds is 4. The van der Waals surface area contributed by atoms with Crippen molar-refractivity contribution in [3.05, 3.63) is 34.4 Å². The molecule has 88 valence electrons. The van der Waals surface area contributed by atoms with Gasteiger partial charge in [0.05, 0.1) is 5.02 Å². The van der Waals surface area contributed by atoms with Gasteiger partial charge < -0.3 is 10.4 Å². The summed E-state index contributed by atoms with van der Waals surface area (Å²) in [6, 6.07) is 5.57. The Morgan fingerprint density at radius 1 is 1.56 bits per heavy atom. The minimum absolute atomic E-state index is 0.121. The van der Waals surface area contributed by atoms with E-state index in [2.05, 4.69) is 32.2 Å². The van der Waals surface area contributed by atoms with Gasteiger partial charge in [0.1, 0.15) is 5.75 Å². The molecule has 1 rings (SSSR count). The Kier molecular flexibility index (Phi) is 4.84. The van der Waals surface area contributed by atoms with Gasteiger partial charge in [-0.05, 0) is 38.1 Å². The number of hydrogen-bond acceptors (Lipinski definition) is 2. The maximum Gasteiger partial charge on any atom is 0.134 e. The number of nitrogens with one attached hydrogen (secondary N) is 1. The number of phenols is 1. The van der Waals surface area contributed by atoms with Crippen LogP contribution in [0, 0.1) is 0 Å². The summed E-state index contributed by atoms with van der Waals surface area (Å²) in [5.74, 6) is 0.121. The molecule has 0 heterocycles. The van der Waals surface area contributed by atoms with E-state index in [4.69, 9.17) is 11.6 Å². The number of likely N-dealkylation sites (N-methyl/N-ethyl adjacent to an activating group) is 1. The molecular weight excluding hydrogens is 222 g/mol. The highest BCUT2D eigenvalue weighted by Crippen LogP contribution is 2.24. The van der Waals surface area contributed by atoms with Gasteiger partial charge >= 0.3 is 0 Å². The fourth-order valence-corrected chi connectivity index (χ4v) is 1.66. The third-order valence-corrected chi connectivity index (χ3v) is 2.86. The van der Waals surface area contributed by atoms with Crippen LogP contribution >= 0.6 is 11.6 Å². The Labute approximate surface area is 102 Å². The van der Waals surface area contributed by atoms with Gasteiger partial charge in [-0.3, -0.25) is 0 Å². The molecule has 1 aromatic carbocycles. The van der Waals surface area contributed by atoms with E-state index in [1.807, 2.05) is 6.07 Å². The predicted octanol–water partition coefficient (Wildman–Crippen LogP) is 3.45. The molecule has 0 spiro atoms. The van der Waals surface area contributed by atoms with Crippen molar-refractivity contribution in [2.45, 2.75) is 26.8 Å². The molecule has 0 radical (unpaired) electrons. The van der Waals surface area contributed by atoms with Crippen LogP contribution in [0.15, 0.2) is 23.8 Å². The molecule has 0 saturated heterocycles. The summed E-state index contributed by atoms with van der Waals surface area (Å²) in [6.45, 7) is 7.23. The van der Waals surface area contributed by atoms with Crippen molar-refractivity contribution in [2.24, 2.45) is 0 Å². The smallest absolute Gasteiger partial charge is 0.134 e. The lowest BCUT2D eigenvalue weighted by atomic mass is 10.1. The summed E-state index contributed by atoms with van der Waals surface area (Å²) in [5, 5.41) is 13.0. The zero-order valence-electron chi connectivity index (χ0n) is 9.92. The minimum Gasteiger partial charge on any atom is -0.506 e. The van der Waals surface area contributed by atoms with Gasteiger partial charge in [-0.15, -0.1) is 0 Å². The largest absolute Gasteiger partial charge is 0.506 e. The summed E-state index contributed by atoms with van der Waals surface area (Å²) in [6.07, 6.45) is 2.07. The van der Waals surface area contributed by atoms with E-state index in [0.29, 0.717) is 11.1 Å². The van der Waals surface area contributed by atoms with Crippen LogP contribution in [0.3, 0.4) is 0 Å². The monoisotopic (exact) mass is 239 g/mol. The highest BCUT2D eigenvalue weighted by Gasteiger charge is 2.03. The normalized spacial score (nSPS) is 13.9. The Morgan fingerprint density at radius 2 is 2.25 bits per heavy atom. The molecule has 0 aliphatic carbocycles. The Hall–Kier alpha value is -0.990. The van der Waals surface area contributed by atoms with Gasteiger partial charge in [0.15, 0.2) is 0 Å². The van der Waals surface area contributed by atoms with Gasteiger partial charge in [0.25, 0.3) is 0 Å². The zero-order valence-corrected chi connectivity index (χ0v) is 10.7. The van der Waals surface area contributed by atoms with Crippen molar-refractivity contribution in [3.8, 4) is 5.75 Å². The third-order valence-electron chi connectivity index (χ3n) is 2.56. The molecule has 0 bridgehead atoms. The number of phenolic OH excluding ortho intramolecular Hbond substituents is 1. The standard InChI is InChI=1S/C13H18ClNO/c1-4-15-10(3)9(2)7-11-5-6-13(16)12(14)8-11/h5-8,10,15-16H,4H2,1-3H3/b9-7+. The maximum atomic E-state index is 9.31. The van der Waals surface area contributed by atoms with E-state index in [-0.39, 0.29) is 5.75 Å². The van der Waals surface area contributed by atoms with E-state index in [1.54, 1.807) is 12.1 Å². The van der Waals surface area contributed by atoms with E-state index in [1.165, 1.54) is 5.57 Å². The van der Waals surface area contributed by atoms with Gasteiger partial charge in [-0.2, -0.15) is 0 Å². The van der Waals surface area contributed by atoms with Crippen molar-refractivity contribution >= 4 is 17.7 Å². The van der Waals surface area contributed by atoms with Crippen LogP contribution in [-0.2, 0) is 0 Å². The van der Waals surface area contributed by atoms with Crippen LogP contribution in [0.25, 0.3) is 6.08 Å². The molecule has 1 atom stereocenters. The van der Waals surface area contributed by atoms with Crippen LogP contribution in [0.4, 0.5) is 0 Å². The highest BCUT2D eigenvalue weighted by molar-refractivity contribution is 6.32. The number of hydrogen-bond donors (Lipinski definition) is 2. The van der Waals surface area contributed by atoms with Crippen LogP contribution in [0.2, 0.25) is 5.02 Å². The van der Waals surface area contributed by atoms with Gasteiger partial charge in [-0.25, -0.2) is 0 Å². The quantitative estimate of drug-likeness (QED) is 0.844. The van der Waals surface area contributed by atoms with Gasteiger partial charge in [0.2, 0.25) is 0 Å². The highest BCUT2D eigenvalue weighted by atomic mass is 35.5. The second-order valence-electron chi connectivity index (χ2n) is 3.88. The van der Waals surface area contributed by atoms with Crippen LogP contribution in [0.5, 0.6) is 5.75 Å². The molecule has 0 saturated carbocycles. The first-order valence-corrected chi connectivity index (χ1v) is 5.82. The molecule has 0 aliphatic heterocycles. The molecule has 0 aliphatic rings. The van der Waals surface area contributed by atoms with E-state index in [0.717, 1.165) is 12.1 Å². The predicted molar refractivity (Wildman–Crippen MR) is 69.9 cm³/mol. The summed E-state index contributed by atoms with van der Waals surface area (Å²) >= 11 is 5.84. The van der Waals surface area contributed by atoms with Gasteiger partial charge in [-0.1, -0.05) is 36.2 Å². The molecule has 2 N–H and O–H groups in total. The topological polar surface area (TPSA) is 32.3 Å². The fourth-order valence-electron chi connectivity index (χ4n) is 1.47. The first kappa shape index (κ1) is 13.1. The summed E-state index contributed by atoms with van der Waals surface area (Å²) < 4.78 is 0. The summed E-state index contributed by atoms with van der Waals surface area (Å²) in [5.41, 5.74) is 2.24. The van der Waals surface area contributed by atoms with Crippen molar-refractivity contribution in [3.63, 3.8) is 0 Å². The first-order valence-electron chi connectivity index (χ1n) is 5.44. The summed E-state index contributed by atoms with van der Waals surface area (Å²) in [4.78, 5) is 0. The van der Waals surface area contributed by atoms with Crippen LogP contribution in [-0.4, -0.2) is 17.7 Å². The molecule has 16 heavy (non-hydrogen) atoms. The average Bonchev–Trinajstić information content (AvgIpc) is 2.24.